The molecule has 0 amide bonds. The lowest BCUT2D eigenvalue weighted by Gasteiger charge is -2.11. The Morgan fingerprint density at radius 2 is 1.89 bits per heavy atom. The molecule has 1 unspecified atom stereocenters. The summed E-state index contributed by atoms with van der Waals surface area (Å²) >= 11 is 8.14. The van der Waals surface area contributed by atoms with Crippen molar-refractivity contribution in [3.8, 4) is 5.75 Å². The zero-order valence-corrected chi connectivity index (χ0v) is 12.6. The van der Waals surface area contributed by atoms with Crippen LogP contribution in [0.15, 0.2) is 35.7 Å². The van der Waals surface area contributed by atoms with Crippen LogP contribution < -0.4 is 4.74 Å². The summed E-state index contributed by atoms with van der Waals surface area (Å²) in [6, 6.07) is 10.3. The number of methoxy groups -OCH3 is 2. The zero-order chi connectivity index (χ0) is 13.7. The topological polar surface area (TPSA) is 18.5 Å². The highest BCUT2D eigenvalue weighted by Crippen LogP contribution is 2.38. The van der Waals surface area contributed by atoms with Crippen LogP contribution in [0.25, 0.3) is 0 Å². The van der Waals surface area contributed by atoms with Crippen LogP contribution in [0.3, 0.4) is 0 Å². The Morgan fingerprint density at radius 1 is 1.16 bits per heavy atom. The summed E-state index contributed by atoms with van der Waals surface area (Å²) in [5.74, 6) is 0.855. The predicted molar refractivity (Wildman–Crippen MR) is 80.6 cm³/mol. The van der Waals surface area contributed by atoms with Gasteiger partial charge in [-0.25, -0.2) is 0 Å². The van der Waals surface area contributed by atoms with Crippen LogP contribution in [-0.4, -0.2) is 20.8 Å². The Balaban J connectivity index is 2.13. The molecule has 1 heterocycles. The molecule has 0 aliphatic carbocycles. The molecule has 19 heavy (non-hydrogen) atoms. The van der Waals surface area contributed by atoms with E-state index in [1.807, 2.05) is 11.4 Å². The molecule has 4 heteroatoms. The molecule has 0 fully saturated rings. The van der Waals surface area contributed by atoms with Gasteiger partial charge < -0.3 is 9.47 Å². The molecule has 0 bridgehead atoms. The van der Waals surface area contributed by atoms with Gasteiger partial charge in [0.15, 0.2) is 0 Å². The second-order valence-electron chi connectivity index (χ2n) is 4.20. The van der Waals surface area contributed by atoms with Gasteiger partial charge in [0.25, 0.3) is 0 Å². The molecule has 0 N–H and O–H groups in total. The van der Waals surface area contributed by atoms with Crippen LogP contribution in [0.4, 0.5) is 0 Å². The molecule has 0 saturated carbocycles. The van der Waals surface area contributed by atoms with Crippen molar-refractivity contribution in [1.82, 2.24) is 0 Å². The summed E-state index contributed by atoms with van der Waals surface area (Å²) in [5.41, 5.74) is 2.34. The maximum Gasteiger partial charge on any atom is 0.134 e. The van der Waals surface area contributed by atoms with E-state index in [9.17, 15) is 0 Å². The molecule has 1 atom stereocenters. The van der Waals surface area contributed by atoms with Gasteiger partial charge in [-0.3, -0.25) is 0 Å². The van der Waals surface area contributed by atoms with Crippen molar-refractivity contribution in [3.63, 3.8) is 0 Å². The summed E-state index contributed by atoms with van der Waals surface area (Å²) in [4.78, 5) is 1.05. The fraction of sp³-hybridized carbons (Fsp3) is 0.333. The minimum absolute atomic E-state index is 0.161. The number of ether oxygens (including phenoxy) is 2. The van der Waals surface area contributed by atoms with Crippen molar-refractivity contribution in [3.05, 3.63) is 51.7 Å². The number of alkyl halides is 1. The average Bonchev–Trinajstić information content (AvgIpc) is 2.93. The Hall–Kier alpha value is -1.03. The number of rotatable bonds is 6. The van der Waals surface area contributed by atoms with E-state index in [0.717, 1.165) is 29.2 Å². The number of halogens is 1. The SMILES string of the molecule is COCCc1ccc(C(Cl)c2sccc2OC)cc1. The first kappa shape index (κ1) is 14.4. The third-order valence-electron chi connectivity index (χ3n) is 2.97. The molecule has 1 aromatic heterocycles. The molecule has 2 rings (SSSR count). The summed E-state index contributed by atoms with van der Waals surface area (Å²) in [6.07, 6.45) is 0.923. The van der Waals surface area contributed by atoms with Gasteiger partial charge in [0.1, 0.15) is 5.75 Å². The number of thiophene rings is 1. The van der Waals surface area contributed by atoms with Crippen LogP contribution >= 0.6 is 22.9 Å². The van der Waals surface area contributed by atoms with E-state index in [4.69, 9.17) is 21.1 Å². The fourth-order valence-electron chi connectivity index (χ4n) is 1.89. The third-order valence-corrected chi connectivity index (χ3v) is 4.54. The normalized spacial score (nSPS) is 12.4. The van der Waals surface area contributed by atoms with Crippen LogP contribution in [-0.2, 0) is 11.2 Å². The Labute approximate surface area is 122 Å². The second-order valence-corrected chi connectivity index (χ2v) is 5.58. The van der Waals surface area contributed by atoms with Crippen molar-refractivity contribution < 1.29 is 9.47 Å². The zero-order valence-electron chi connectivity index (χ0n) is 11.1. The molecular formula is C15H17ClO2S. The van der Waals surface area contributed by atoms with Gasteiger partial charge in [-0.1, -0.05) is 24.3 Å². The van der Waals surface area contributed by atoms with Gasteiger partial charge in [-0.2, -0.15) is 0 Å². The van der Waals surface area contributed by atoms with E-state index < -0.39 is 0 Å². The first-order valence-electron chi connectivity index (χ1n) is 6.09. The summed E-state index contributed by atoms with van der Waals surface area (Å²) < 4.78 is 10.4. The van der Waals surface area contributed by atoms with Crippen molar-refractivity contribution in [2.75, 3.05) is 20.8 Å². The van der Waals surface area contributed by atoms with Crippen molar-refractivity contribution in [2.24, 2.45) is 0 Å². The summed E-state index contributed by atoms with van der Waals surface area (Å²) in [6.45, 7) is 0.738. The lowest BCUT2D eigenvalue weighted by atomic mass is 10.1. The van der Waals surface area contributed by atoms with Gasteiger partial charge >= 0.3 is 0 Å². The van der Waals surface area contributed by atoms with E-state index in [-0.39, 0.29) is 5.38 Å². The molecule has 2 aromatic rings. The lowest BCUT2D eigenvalue weighted by Crippen LogP contribution is -1.96. The maximum absolute atomic E-state index is 6.52. The van der Waals surface area contributed by atoms with Gasteiger partial charge in [0.2, 0.25) is 0 Å². The minimum Gasteiger partial charge on any atom is -0.496 e. The predicted octanol–water partition coefficient (Wildman–Crippen LogP) is 4.27. The monoisotopic (exact) mass is 296 g/mol. The Bertz CT molecular complexity index is 507. The van der Waals surface area contributed by atoms with Gasteiger partial charge in [-0.15, -0.1) is 22.9 Å². The Kier molecular flexibility index (Phi) is 5.25. The molecular weight excluding hydrogens is 280 g/mol. The van der Waals surface area contributed by atoms with Gasteiger partial charge in [-0.05, 0) is 29.0 Å². The quantitative estimate of drug-likeness (QED) is 0.741. The molecule has 1 aromatic carbocycles. The van der Waals surface area contributed by atoms with Crippen LogP contribution in [0, 0.1) is 0 Å². The lowest BCUT2D eigenvalue weighted by molar-refractivity contribution is 0.202. The van der Waals surface area contributed by atoms with E-state index in [0.29, 0.717) is 0 Å². The first-order valence-corrected chi connectivity index (χ1v) is 7.41. The minimum atomic E-state index is -0.161. The highest BCUT2D eigenvalue weighted by Gasteiger charge is 2.16. The maximum atomic E-state index is 6.52. The smallest absolute Gasteiger partial charge is 0.134 e. The molecule has 0 spiro atoms. The number of hydrogen-bond acceptors (Lipinski definition) is 3. The molecule has 102 valence electrons. The summed E-state index contributed by atoms with van der Waals surface area (Å²) in [5, 5.41) is 1.84. The fourth-order valence-corrected chi connectivity index (χ4v) is 3.16. The average molecular weight is 297 g/mol. The number of hydrogen-bond donors (Lipinski definition) is 0. The standard InChI is InChI=1S/C15H17ClO2S/c1-17-9-7-11-3-5-12(6-4-11)14(16)15-13(18-2)8-10-19-15/h3-6,8,10,14H,7,9H2,1-2H3. The largest absolute Gasteiger partial charge is 0.496 e. The molecule has 0 aliphatic rings. The molecule has 0 radical (unpaired) electrons. The molecule has 0 aliphatic heterocycles. The van der Waals surface area contributed by atoms with Crippen molar-refractivity contribution in [2.45, 2.75) is 11.8 Å². The Morgan fingerprint density at radius 3 is 2.53 bits per heavy atom. The molecule has 2 nitrogen and oxygen atoms in total. The van der Waals surface area contributed by atoms with Gasteiger partial charge in [0.05, 0.1) is 24.0 Å². The van der Waals surface area contributed by atoms with Crippen molar-refractivity contribution >= 4 is 22.9 Å². The van der Waals surface area contributed by atoms with Gasteiger partial charge in [0, 0.05) is 7.11 Å². The van der Waals surface area contributed by atoms with Crippen LogP contribution in [0.1, 0.15) is 21.4 Å². The van der Waals surface area contributed by atoms with Crippen LogP contribution in [0.5, 0.6) is 5.75 Å². The highest BCUT2D eigenvalue weighted by molar-refractivity contribution is 7.10. The molecule has 0 saturated heterocycles. The first-order chi connectivity index (χ1) is 9.26. The van der Waals surface area contributed by atoms with Crippen LogP contribution in [0.2, 0.25) is 0 Å². The number of benzene rings is 1. The third kappa shape index (κ3) is 3.50. The van der Waals surface area contributed by atoms with E-state index >= 15 is 0 Å². The van der Waals surface area contributed by atoms with E-state index in [1.54, 1.807) is 25.6 Å². The second kappa shape index (κ2) is 6.94. The van der Waals surface area contributed by atoms with E-state index in [1.165, 1.54) is 5.56 Å². The highest BCUT2D eigenvalue weighted by atomic mass is 35.5. The van der Waals surface area contributed by atoms with E-state index in [2.05, 4.69) is 24.3 Å². The summed E-state index contributed by atoms with van der Waals surface area (Å²) in [7, 11) is 3.38. The van der Waals surface area contributed by atoms with Crippen molar-refractivity contribution in [1.29, 1.82) is 0 Å².